The molecule has 2 atom stereocenters. The van der Waals surface area contributed by atoms with Crippen molar-refractivity contribution in [1.82, 2.24) is 0 Å². The van der Waals surface area contributed by atoms with E-state index in [0.29, 0.717) is 11.8 Å². The molecule has 1 nitrogen and oxygen atoms in total. The fourth-order valence-electron chi connectivity index (χ4n) is 2.42. The summed E-state index contributed by atoms with van der Waals surface area (Å²) >= 11 is 0. The van der Waals surface area contributed by atoms with Crippen molar-refractivity contribution in [2.24, 2.45) is 23.5 Å². The van der Waals surface area contributed by atoms with E-state index < -0.39 is 0 Å². The zero-order valence-corrected chi connectivity index (χ0v) is 9.24. The first-order chi connectivity index (χ1) is 6.68. The quantitative estimate of drug-likeness (QED) is 0.713. The second-order valence-corrected chi connectivity index (χ2v) is 5.05. The zero-order valence-electron chi connectivity index (χ0n) is 9.24. The van der Waals surface area contributed by atoms with E-state index in [1.807, 2.05) is 0 Å². The number of rotatable bonds is 2. The van der Waals surface area contributed by atoms with Gasteiger partial charge in [-0.3, -0.25) is 0 Å². The van der Waals surface area contributed by atoms with Gasteiger partial charge in [0.1, 0.15) is 0 Å². The van der Waals surface area contributed by atoms with Crippen LogP contribution in [0.2, 0.25) is 0 Å². The van der Waals surface area contributed by atoms with E-state index >= 15 is 0 Å². The smallest absolute Gasteiger partial charge is 0.0295 e. The molecule has 0 amide bonds. The third-order valence-electron chi connectivity index (χ3n) is 3.69. The SMILES string of the molecule is CC(C)C1C=CC(C2CCC2)=CC1N. The Labute approximate surface area is 87.1 Å². The molecule has 2 aliphatic carbocycles. The van der Waals surface area contributed by atoms with Crippen LogP contribution in [0.15, 0.2) is 23.8 Å². The van der Waals surface area contributed by atoms with Gasteiger partial charge in [0.05, 0.1) is 0 Å². The lowest BCUT2D eigenvalue weighted by atomic mass is 9.74. The Morgan fingerprint density at radius 2 is 2.07 bits per heavy atom. The van der Waals surface area contributed by atoms with Gasteiger partial charge < -0.3 is 5.73 Å². The van der Waals surface area contributed by atoms with Crippen LogP contribution in [-0.2, 0) is 0 Å². The van der Waals surface area contributed by atoms with Crippen molar-refractivity contribution in [2.75, 3.05) is 0 Å². The van der Waals surface area contributed by atoms with Crippen LogP contribution >= 0.6 is 0 Å². The van der Waals surface area contributed by atoms with Crippen LogP contribution in [0, 0.1) is 17.8 Å². The van der Waals surface area contributed by atoms with Gasteiger partial charge in [0, 0.05) is 6.04 Å². The first-order valence-corrected chi connectivity index (χ1v) is 5.84. The molecule has 78 valence electrons. The molecule has 1 heteroatoms. The highest BCUT2D eigenvalue weighted by Crippen LogP contribution is 2.36. The number of nitrogens with two attached hydrogens (primary N) is 1. The summed E-state index contributed by atoms with van der Waals surface area (Å²) in [6, 6.07) is 0.246. The molecule has 14 heavy (non-hydrogen) atoms. The van der Waals surface area contributed by atoms with Gasteiger partial charge >= 0.3 is 0 Å². The van der Waals surface area contributed by atoms with Crippen LogP contribution in [0.25, 0.3) is 0 Å². The maximum Gasteiger partial charge on any atom is 0.0295 e. The van der Waals surface area contributed by atoms with E-state index in [1.165, 1.54) is 24.8 Å². The van der Waals surface area contributed by atoms with Gasteiger partial charge in [0.25, 0.3) is 0 Å². The lowest BCUT2D eigenvalue weighted by Crippen LogP contribution is -2.33. The Bertz CT molecular complexity index is 258. The molecule has 0 radical (unpaired) electrons. The maximum absolute atomic E-state index is 6.16. The van der Waals surface area contributed by atoms with Gasteiger partial charge in [-0.05, 0) is 36.2 Å². The Balaban J connectivity index is 2.04. The van der Waals surface area contributed by atoms with E-state index in [9.17, 15) is 0 Å². The van der Waals surface area contributed by atoms with E-state index in [2.05, 4.69) is 32.1 Å². The van der Waals surface area contributed by atoms with Gasteiger partial charge in [0.15, 0.2) is 0 Å². The van der Waals surface area contributed by atoms with Crippen molar-refractivity contribution < 1.29 is 0 Å². The second-order valence-electron chi connectivity index (χ2n) is 5.05. The summed E-state index contributed by atoms with van der Waals surface area (Å²) < 4.78 is 0. The summed E-state index contributed by atoms with van der Waals surface area (Å²) in [5, 5.41) is 0. The Morgan fingerprint density at radius 1 is 1.36 bits per heavy atom. The minimum Gasteiger partial charge on any atom is -0.324 e. The molecule has 0 aromatic heterocycles. The van der Waals surface area contributed by atoms with Gasteiger partial charge in [0.2, 0.25) is 0 Å². The van der Waals surface area contributed by atoms with E-state index in [-0.39, 0.29) is 6.04 Å². The van der Waals surface area contributed by atoms with Crippen LogP contribution in [0.5, 0.6) is 0 Å². The topological polar surface area (TPSA) is 26.0 Å². The molecule has 2 unspecified atom stereocenters. The summed E-state index contributed by atoms with van der Waals surface area (Å²) in [7, 11) is 0. The van der Waals surface area contributed by atoms with E-state index in [0.717, 1.165) is 5.92 Å². The monoisotopic (exact) mass is 191 g/mol. The van der Waals surface area contributed by atoms with E-state index in [4.69, 9.17) is 5.73 Å². The van der Waals surface area contributed by atoms with Crippen LogP contribution < -0.4 is 5.73 Å². The van der Waals surface area contributed by atoms with Gasteiger partial charge in [-0.2, -0.15) is 0 Å². The second kappa shape index (κ2) is 3.90. The fourth-order valence-corrected chi connectivity index (χ4v) is 2.42. The molecule has 0 aliphatic heterocycles. The summed E-state index contributed by atoms with van der Waals surface area (Å²) in [5.74, 6) is 2.02. The third kappa shape index (κ3) is 1.78. The average Bonchev–Trinajstić information content (AvgIpc) is 2.00. The number of hydrogen-bond acceptors (Lipinski definition) is 1. The molecule has 0 aromatic carbocycles. The van der Waals surface area contributed by atoms with Crippen molar-refractivity contribution in [3.63, 3.8) is 0 Å². The largest absolute Gasteiger partial charge is 0.324 e. The molecule has 0 spiro atoms. The zero-order chi connectivity index (χ0) is 10.1. The lowest BCUT2D eigenvalue weighted by molar-refractivity contribution is 0.362. The molecule has 2 aliphatic rings. The van der Waals surface area contributed by atoms with Crippen LogP contribution in [0.3, 0.4) is 0 Å². The standard InChI is InChI=1S/C13H21N/c1-9(2)12-7-6-11(8-13(12)14)10-4-3-5-10/h6-10,12-13H,3-5,14H2,1-2H3. The average molecular weight is 191 g/mol. The van der Waals surface area contributed by atoms with Gasteiger partial charge in [-0.15, -0.1) is 0 Å². The molecule has 0 saturated heterocycles. The normalized spacial score (nSPS) is 33.0. The Hall–Kier alpha value is -0.560. The van der Waals surface area contributed by atoms with Crippen molar-refractivity contribution in [3.05, 3.63) is 23.8 Å². The molecule has 0 heterocycles. The van der Waals surface area contributed by atoms with Gasteiger partial charge in [-0.1, -0.05) is 38.5 Å². The highest BCUT2D eigenvalue weighted by atomic mass is 14.6. The van der Waals surface area contributed by atoms with Crippen LogP contribution in [0.1, 0.15) is 33.1 Å². The molecule has 1 saturated carbocycles. The summed E-state index contributed by atoms with van der Waals surface area (Å²) in [6.45, 7) is 4.49. The highest BCUT2D eigenvalue weighted by Gasteiger charge is 2.26. The molecule has 0 bridgehead atoms. The summed E-state index contributed by atoms with van der Waals surface area (Å²) in [4.78, 5) is 0. The van der Waals surface area contributed by atoms with Crippen molar-refractivity contribution in [2.45, 2.75) is 39.2 Å². The lowest BCUT2D eigenvalue weighted by Gasteiger charge is -2.32. The van der Waals surface area contributed by atoms with Crippen LogP contribution in [-0.4, -0.2) is 6.04 Å². The first-order valence-electron chi connectivity index (χ1n) is 5.84. The van der Waals surface area contributed by atoms with E-state index in [1.54, 1.807) is 0 Å². The summed E-state index contributed by atoms with van der Waals surface area (Å²) in [6.07, 6.45) is 11.1. The first kappa shape index (κ1) is 9.97. The number of hydrogen-bond donors (Lipinski definition) is 1. The molecule has 0 aromatic rings. The predicted molar refractivity (Wildman–Crippen MR) is 60.9 cm³/mol. The Morgan fingerprint density at radius 3 is 2.50 bits per heavy atom. The van der Waals surface area contributed by atoms with Gasteiger partial charge in [-0.25, -0.2) is 0 Å². The van der Waals surface area contributed by atoms with Crippen molar-refractivity contribution >= 4 is 0 Å². The number of allylic oxidation sites excluding steroid dienone is 2. The predicted octanol–water partition coefficient (Wildman–Crippen LogP) is 2.88. The molecular weight excluding hydrogens is 170 g/mol. The molecule has 1 fully saturated rings. The fraction of sp³-hybridized carbons (Fsp3) is 0.692. The minimum absolute atomic E-state index is 0.246. The third-order valence-corrected chi connectivity index (χ3v) is 3.69. The van der Waals surface area contributed by atoms with Crippen molar-refractivity contribution in [1.29, 1.82) is 0 Å². The summed E-state index contributed by atoms with van der Waals surface area (Å²) in [5.41, 5.74) is 7.66. The Kier molecular flexibility index (Phi) is 2.78. The van der Waals surface area contributed by atoms with Crippen molar-refractivity contribution in [3.8, 4) is 0 Å². The molecular formula is C13H21N. The maximum atomic E-state index is 6.16. The molecule has 2 rings (SSSR count). The van der Waals surface area contributed by atoms with Crippen LogP contribution in [0.4, 0.5) is 0 Å². The highest BCUT2D eigenvalue weighted by molar-refractivity contribution is 5.30. The minimum atomic E-state index is 0.246. The molecule has 2 N–H and O–H groups in total.